The van der Waals surface area contributed by atoms with Crippen molar-refractivity contribution in [1.82, 2.24) is 4.98 Å². The minimum atomic E-state index is -3.58. The molecule has 0 unspecified atom stereocenters. The van der Waals surface area contributed by atoms with Crippen molar-refractivity contribution in [3.05, 3.63) is 59.7 Å². The Kier molecular flexibility index (Phi) is 3.22. The van der Waals surface area contributed by atoms with Crippen molar-refractivity contribution in [3.8, 4) is 0 Å². The Bertz CT molecular complexity index is 894. The van der Waals surface area contributed by atoms with Crippen LogP contribution in [0.2, 0.25) is 0 Å². The second-order valence-electron chi connectivity index (χ2n) is 5.09. The van der Waals surface area contributed by atoms with Crippen molar-refractivity contribution >= 4 is 26.7 Å². The molecule has 3 aromatic rings. The summed E-state index contributed by atoms with van der Waals surface area (Å²) in [6.07, 6.45) is 0. The predicted octanol–water partition coefficient (Wildman–Crippen LogP) is 3.59. The number of hydrogen-bond donors (Lipinski definition) is 2. The third kappa shape index (κ3) is 2.52. The lowest BCUT2D eigenvalue weighted by Crippen LogP contribution is -2.13. The fraction of sp³-hybridized carbons (Fsp3) is 0.125. The summed E-state index contributed by atoms with van der Waals surface area (Å²) in [5, 5.41) is 1.01. The van der Waals surface area contributed by atoms with Crippen molar-refractivity contribution < 1.29 is 8.42 Å². The number of aromatic nitrogens is 1. The molecule has 0 fully saturated rings. The van der Waals surface area contributed by atoms with Gasteiger partial charge in [0.1, 0.15) is 5.82 Å². The van der Waals surface area contributed by atoms with Crippen molar-refractivity contribution in [1.29, 1.82) is 0 Å². The lowest BCUT2D eigenvalue weighted by atomic mass is 10.2. The number of rotatable bonds is 3. The van der Waals surface area contributed by atoms with Gasteiger partial charge in [-0.25, -0.2) is 8.42 Å². The SMILES string of the molecule is Cc1ccc(S(=O)(=O)Nc2[nH]c3ccccc3c2C)cc1. The smallest absolute Gasteiger partial charge is 0.263 e. The van der Waals surface area contributed by atoms with Crippen LogP contribution in [0.3, 0.4) is 0 Å². The minimum Gasteiger partial charge on any atom is -0.341 e. The molecule has 1 aromatic heterocycles. The average molecular weight is 300 g/mol. The van der Waals surface area contributed by atoms with Gasteiger partial charge in [0, 0.05) is 10.9 Å². The lowest BCUT2D eigenvalue weighted by molar-refractivity contribution is 0.601. The quantitative estimate of drug-likeness (QED) is 0.776. The van der Waals surface area contributed by atoms with Crippen LogP contribution in [0.25, 0.3) is 10.9 Å². The van der Waals surface area contributed by atoms with Crippen LogP contribution in [0.1, 0.15) is 11.1 Å². The summed E-state index contributed by atoms with van der Waals surface area (Å²) >= 11 is 0. The van der Waals surface area contributed by atoms with Crippen LogP contribution in [0.4, 0.5) is 5.82 Å². The van der Waals surface area contributed by atoms with Crippen LogP contribution in [0.15, 0.2) is 53.4 Å². The zero-order chi connectivity index (χ0) is 15.0. The highest BCUT2D eigenvalue weighted by Gasteiger charge is 2.17. The summed E-state index contributed by atoms with van der Waals surface area (Å²) < 4.78 is 27.4. The van der Waals surface area contributed by atoms with Gasteiger partial charge in [-0.05, 0) is 37.6 Å². The number of hydrogen-bond acceptors (Lipinski definition) is 2. The van der Waals surface area contributed by atoms with E-state index < -0.39 is 10.0 Å². The van der Waals surface area contributed by atoms with Gasteiger partial charge in [0.2, 0.25) is 0 Å². The van der Waals surface area contributed by atoms with Crippen LogP contribution in [-0.4, -0.2) is 13.4 Å². The molecule has 1 heterocycles. The van der Waals surface area contributed by atoms with Gasteiger partial charge in [-0.3, -0.25) is 4.72 Å². The van der Waals surface area contributed by atoms with Crippen LogP contribution in [0, 0.1) is 13.8 Å². The Morgan fingerprint density at radius 1 is 0.952 bits per heavy atom. The van der Waals surface area contributed by atoms with E-state index in [0.29, 0.717) is 5.82 Å². The van der Waals surface area contributed by atoms with Gasteiger partial charge < -0.3 is 4.98 Å². The van der Waals surface area contributed by atoms with Gasteiger partial charge in [0.05, 0.1) is 4.90 Å². The maximum absolute atomic E-state index is 12.4. The first-order valence-corrected chi connectivity index (χ1v) is 8.12. The van der Waals surface area contributed by atoms with E-state index in [2.05, 4.69) is 9.71 Å². The molecule has 0 saturated carbocycles. The van der Waals surface area contributed by atoms with Crippen molar-refractivity contribution in [2.75, 3.05) is 4.72 Å². The highest BCUT2D eigenvalue weighted by Crippen LogP contribution is 2.26. The van der Waals surface area contributed by atoms with Gasteiger partial charge in [0.15, 0.2) is 0 Å². The van der Waals surface area contributed by atoms with E-state index in [1.807, 2.05) is 38.1 Å². The van der Waals surface area contributed by atoms with Gasteiger partial charge in [-0.15, -0.1) is 0 Å². The highest BCUT2D eigenvalue weighted by atomic mass is 32.2. The van der Waals surface area contributed by atoms with E-state index >= 15 is 0 Å². The summed E-state index contributed by atoms with van der Waals surface area (Å²) in [7, 11) is -3.58. The molecule has 108 valence electrons. The first-order valence-electron chi connectivity index (χ1n) is 6.64. The number of fused-ring (bicyclic) bond motifs is 1. The van der Waals surface area contributed by atoms with Gasteiger partial charge in [-0.1, -0.05) is 35.9 Å². The summed E-state index contributed by atoms with van der Waals surface area (Å²) in [5.41, 5.74) is 2.83. The second-order valence-corrected chi connectivity index (χ2v) is 6.77. The van der Waals surface area contributed by atoms with E-state index in [1.54, 1.807) is 24.3 Å². The molecule has 0 atom stereocenters. The largest absolute Gasteiger partial charge is 0.341 e. The molecule has 0 spiro atoms. The Balaban J connectivity index is 2.01. The van der Waals surface area contributed by atoms with E-state index in [-0.39, 0.29) is 4.90 Å². The topological polar surface area (TPSA) is 62.0 Å². The molecule has 0 aliphatic rings. The maximum Gasteiger partial charge on any atom is 0.263 e. The Hall–Kier alpha value is -2.27. The van der Waals surface area contributed by atoms with Crippen LogP contribution in [-0.2, 0) is 10.0 Å². The second kappa shape index (κ2) is 4.93. The number of sulfonamides is 1. The lowest BCUT2D eigenvalue weighted by Gasteiger charge is -2.07. The number of H-pyrrole nitrogens is 1. The average Bonchev–Trinajstić information content (AvgIpc) is 2.76. The molecule has 0 aliphatic carbocycles. The standard InChI is InChI=1S/C16H16N2O2S/c1-11-7-9-13(10-8-11)21(19,20)18-16-12(2)14-5-3-4-6-15(14)17-16/h3-10,17-18H,1-2H3. The Morgan fingerprint density at radius 2 is 1.62 bits per heavy atom. The zero-order valence-corrected chi connectivity index (χ0v) is 12.7. The molecule has 4 nitrogen and oxygen atoms in total. The normalized spacial score (nSPS) is 11.7. The predicted molar refractivity (Wildman–Crippen MR) is 85.0 cm³/mol. The molecule has 3 rings (SSSR count). The van der Waals surface area contributed by atoms with Crippen LogP contribution >= 0.6 is 0 Å². The number of anilines is 1. The number of nitrogens with one attached hydrogen (secondary N) is 2. The summed E-state index contributed by atoms with van der Waals surface area (Å²) in [6.45, 7) is 3.82. The zero-order valence-electron chi connectivity index (χ0n) is 11.8. The molecule has 0 amide bonds. The molecular weight excluding hydrogens is 284 g/mol. The summed E-state index contributed by atoms with van der Waals surface area (Å²) in [6, 6.07) is 14.5. The van der Waals surface area contributed by atoms with Crippen LogP contribution < -0.4 is 4.72 Å². The molecule has 0 bridgehead atoms. The van der Waals surface area contributed by atoms with E-state index in [1.165, 1.54) is 0 Å². The van der Waals surface area contributed by atoms with Gasteiger partial charge in [-0.2, -0.15) is 0 Å². The number of benzene rings is 2. The summed E-state index contributed by atoms with van der Waals surface area (Å²) in [4.78, 5) is 3.37. The number of aryl methyl sites for hydroxylation is 2. The van der Waals surface area contributed by atoms with Crippen molar-refractivity contribution in [3.63, 3.8) is 0 Å². The van der Waals surface area contributed by atoms with Gasteiger partial charge >= 0.3 is 0 Å². The molecule has 21 heavy (non-hydrogen) atoms. The van der Waals surface area contributed by atoms with Crippen LogP contribution in [0.5, 0.6) is 0 Å². The Morgan fingerprint density at radius 3 is 2.29 bits per heavy atom. The van der Waals surface area contributed by atoms with Crippen molar-refractivity contribution in [2.45, 2.75) is 18.7 Å². The first-order chi connectivity index (χ1) is 9.97. The molecule has 2 aromatic carbocycles. The minimum absolute atomic E-state index is 0.256. The molecular formula is C16H16N2O2S. The maximum atomic E-state index is 12.4. The highest BCUT2D eigenvalue weighted by molar-refractivity contribution is 7.92. The third-order valence-electron chi connectivity index (χ3n) is 3.53. The van der Waals surface area contributed by atoms with E-state index in [9.17, 15) is 8.42 Å². The monoisotopic (exact) mass is 300 g/mol. The fourth-order valence-electron chi connectivity index (χ4n) is 2.29. The molecule has 0 saturated heterocycles. The number of aromatic amines is 1. The molecule has 2 N–H and O–H groups in total. The van der Waals surface area contributed by atoms with Gasteiger partial charge in [0.25, 0.3) is 10.0 Å². The first kappa shape index (κ1) is 13.7. The van der Waals surface area contributed by atoms with E-state index in [0.717, 1.165) is 22.0 Å². The molecule has 5 heteroatoms. The van der Waals surface area contributed by atoms with Crippen molar-refractivity contribution in [2.24, 2.45) is 0 Å². The molecule has 0 radical (unpaired) electrons. The fourth-order valence-corrected chi connectivity index (χ4v) is 3.38. The molecule has 0 aliphatic heterocycles. The summed E-state index contributed by atoms with van der Waals surface area (Å²) in [5.74, 6) is 0.511. The van der Waals surface area contributed by atoms with E-state index in [4.69, 9.17) is 0 Å². The number of para-hydroxylation sites is 1. The Labute approximate surface area is 123 Å². The third-order valence-corrected chi connectivity index (χ3v) is 4.90.